The first-order valence-corrected chi connectivity index (χ1v) is 10.7. The number of aromatic nitrogens is 1. The first kappa shape index (κ1) is 23.1. The SMILES string of the molecule is COC(=O)c1c(COC(=O)c2cc(Cl)c(N)cc2OC)nc2ccccc2c1-c1ccccc1. The summed E-state index contributed by atoms with van der Waals surface area (Å²) < 4.78 is 15.9. The predicted molar refractivity (Wildman–Crippen MR) is 130 cm³/mol. The third-order valence-electron chi connectivity index (χ3n) is 5.30. The van der Waals surface area contributed by atoms with E-state index in [9.17, 15) is 9.59 Å². The first-order chi connectivity index (χ1) is 16.4. The van der Waals surface area contributed by atoms with Crippen LogP contribution in [0.25, 0.3) is 22.0 Å². The van der Waals surface area contributed by atoms with Crippen molar-refractivity contribution < 1.29 is 23.8 Å². The maximum absolute atomic E-state index is 12.9. The number of nitrogens with zero attached hydrogens (tertiary/aromatic N) is 1. The Morgan fingerprint density at radius 1 is 0.971 bits per heavy atom. The van der Waals surface area contributed by atoms with Crippen LogP contribution in [0.4, 0.5) is 5.69 Å². The molecule has 3 aromatic carbocycles. The van der Waals surface area contributed by atoms with Crippen LogP contribution in [-0.4, -0.2) is 31.1 Å². The van der Waals surface area contributed by atoms with E-state index in [0.29, 0.717) is 11.1 Å². The van der Waals surface area contributed by atoms with Crippen LogP contribution >= 0.6 is 11.6 Å². The van der Waals surface area contributed by atoms with E-state index in [1.54, 1.807) is 0 Å². The molecule has 0 aliphatic carbocycles. The molecule has 0 unspecified atom stereocenters. The molecule has 4 rings (SSSR count). The molecule has 0 atom stereocenters. The van der Waals surface area contributed by atoms with Crippen LogP contribution in [0.3, 0.4) is 0 Å². The molecule has 0 bridgehead atoms. The maximum Gasteiger partial charge on any atom is 0.342 e. The van der Waals surface area contributed by atoms with Crippen molar-refractivity contribution in [2.45, 2.75) is 6.61 Å². The molecule has 172 valence electrons. The Morgan fingerprint density at radius 3 is 2.38 bits per heavy atom. The number of methoxy groups -OCH3 is 2. The highest BCUT2D eigenvalue weighted by atomic mass is 35.5. The monoisotopic (exact) mass is 476 g/mol. The second-order valence-corrected chi connectivity index (χ2v) is 7.74. The molecule has 1 heterocycles. The number of nitrogens with two attached hydrogens (primary N) is 1. The minimum atomic E-state index is -0.703. The summed E-state index contributed by atoms with van der Waals surface area (Å²) in [6.07, 6.45) is 0. The summed E-state index contributed by atoms with van der Waals surface area (Å²) in [6, 6.07) is 19.7. The molecular formula is C26H21ClN2O5. The van der Waals surface area contributed by atoms with Gasteiger partial charge < -0.3 is 19.9 Å². The Labute approximate surface area is 201 Å². The van der Waals surface area contributed by atoms with Gasteiger partial charge in [-0.1, -0.05) is 60.1 Å². The standard InChI is InChI=1S/C26H21ClN2O5/c1-32-22-13-19(28)18(27)12-17(22)25(30)34-14-21-24(26(31)33-2)23(15-8-4-3-5-9-15)16-10-6-7-11-20(16)29-21/h3-13H,14,28H2,1-2H3. The second-order valence-electron chi connectivity index (χ2n) is 7.33. The summed E-state index contributed by atoms with van der Waals surface area (Å²) >= 11 is 6.08. The Kier molecular flexibility index (Phi) is 6.65. The highest BCUT2D eigenvalue weighted by Crippen LogP contribution is 2.34. The fourth-order valence-corrected chi connectivity index (χ4v) is 3.87. The maximum atomic E-state index is 12.9. The van der Waals surface area contributed by atoms with Gasteiger partial charge in [-0.15, -0.1) is 0 Å². The van der Waals surface area contributed by atoms with Gasteiger partial charge in [0.2, 0.25) is 0 Å². The van der Waals surface area contributed by atoms with Gasteiger partial charge in [-0.05, 0) is 17.7 Å². The fourth-order valence-electron chi connectivity index (χ4n) is 3.70. The van der Waals surface area contributed by atoms with Gasteiger partial charge in [-0.2, -0.15) is 0 Å². The summed E-state index contributed by atoms with van der Waals surface area (Å²) in [7, 11) is 2.70. The lowest BCUT2D eigenvalue weighted by molar-refractivity contribution is 0.0452. The highest BCUT2D eigenvalue weighted by molar-refractivity contribution is 6.33. The van der Waals surface area contributed by atoms with Gasteiger partial charge in [0.15, 0.2) is 0 Å². The minimum Gasteiger partial charge on any atom is -0.496 e. The molecule has 1 aromatic heterocycles. The normalized spacial score (nSPS) is 10.7. The van der Waals surface area contributed by atoms with Crippen molar-refractivity contribution in [2.24, 2.45) is 0 Å². The van der Waals surface area contributed by atoms with Gasteiger partial charge in [-0.3, -0.25) is 0 Å². The highest BCUT2D eigenvalue weighted by Gasteiger charge is 2.25. The van der Waals surface area contributed by atoms with Crippen LogP contribution in [0.2, 0.25) is 5.02 Å². The number of halogens is 1. The quantitative estimate of drug-likeness (QED) is 0.298. The molecule has 0 amide bonds. The average Bonchev–Trinajstić information content (AvgIpc) is 2.87. The first-order valence-electron chi connectivity index (χ1n) is 10.3. The van der Waals surface area contributed by atoms with Crippen molar-refractivity contribution in [3.63, 3.8) is 0 Å². The number of fused-ring (bicyclic) bond motifs is 1. The molecule has 2 N–H and O–H groups in total. The molecule has 0 fully saturated rings. The summed E-state index contributed by atoms with van der Waals surface area (Å²) in [6.45, 7) is -0.279. The smallest absolute Gasteiger partial charge is 0.342 e. The van der Waals surface area contributed by atoms with E-state index in [1.165, 1.54) is 26.4 Å². The number of hydrogen-bond donors (Lipinski definition) is 1. The third-order valence-corrected chi connectivity index (χ3v) is 5.63. The number of carbonyl (C=O) groups is 2. The molecule has 7 nitrogen and oxygen atoms in total. The summed E-state index contributed by atoms with van der Waals surface area (Å²) in [5, 5.41) is 0.967. The van der Waals surface area contributed by atoms with Crippen molar-refractivity contribution in [1.29, 1.82) is 0 Å². The topological polar surface area (TPSA) is 101 Å². The Morgan fingerprint density at radius 2 is 1.68 bits per heavy atom. The van der Waals surface area contributed by atoms with E-state index in [-0.39, 0.29) is 39.9 Å². The number of ether oxygens (including phenoxy) is 3. The van der Waals surface area contributed by atoms with Crippen molar-refractivity contribution in [3.8, 4) is 16.9 Å². The molecule has 0 saturated carbocycles. The summed E-state index contributed by atoms with van der Waals surface area (Å²) in [5.41, 5.74) is 8.76. The number of para-hydroxylation sites is 1. The third kappa shape index (κ3) is 4.38. The molecule has 0 saturated heterocycles. The Bertz CT molecular complexity index is 1390. The van der Waals surface area contributed by atoms with Crippen LogP contribution in [0.1, 0.15) is 26.4 Å². The Balaban J connectivity index is 1.81. The Hall–Kier alpha value is -4.10. The number of esters is 2. The average molecular weight is 477 g/mol. The van der Waals surface area contributed by atoms with Crippen LogP contribution in [0.5, 0.6) is 5.75 Å². The molecule has 0 spiro atoms. The van der Waals surface area contributed by atoms with Crippen LogP contribution in [0, 0.1) is 0 Å². The number of carbonyl (C=O) groups excluding carboxylic acids is 2. The molecular weight excluding hydrogens is 456 g/mol. The molecule has 0 radical (unpaired) electrons. The van der Waals surface area contributed by atoms with E-state index in [2.05, 4.69) is 4.98 Å². The number of benzene rings is 3. The van der Waals surface area contributed by atoms with Gasteiger partial charge in [0.05, 0.1) is 41.7 Å². The predicted octanol–water partition coefficient (Wildman–Crippen LogP) is 5.29. The van der Waals surface area contributed by atoms with E-state index < -0.39 is 11.9 Å². The second kappa shape index (κ2) is 9.80. The van der Waals surface area contributed by atoms with Crippen LogP contribution in [0.15, 0.2) is 66.7 Å². The van der Waals surface area contributed by atoms with Crippen LogP contribution in [-0.2, 0) is 16.1 Å². The van der Waals surface area contributed by atoms with Gasteiger partial charge in [0.25, 0.3) is 0 Å². The van der Waals surface area contributed by atoms with Crippen molar-refractivity contribution in [3.05, 3.63) is 88.6 Å². The van der Waals surface area contributed by atoms with Gasteiger partial charge in [0, 0.05) is 17.0 Å². The summed E-state index contributed by atoms with van der Waals surface area (Å²) in [4.78, 5) is 30.4. The van der Waals surface area contributed by atoms with Gasteiger partial charge in [-0.25, -0.2) is 14.6 Å². The van der Waals surface area contributed by atoms with Gasteiger partial charge in [0.1, 0.15) is 17.9 Å². The zero-order valence-electron chi connectivity index (χ0n) is 18.5. The molecule has 8 heteroatoms. The van der Waals surface area contributed by atoms with Crippen molar-refractivity contribution in [2.75, 3.05) is 20.0 Å². The summed E-state index contributed by atoms with van der Waals surface area (Å²) in [5.74, 6) is -1.07. The van der Waals surface area contributed by atoms with Crippen molar-refractivity contribution >= 4 is 40.1 Å². The van der Waals surface area contributed by atoms with E-state index in [0.717, 1.165) is 10.9 Å². The number of anilines is 1. The number of hydrogen-bond acceptors (Lipinski definition) is 7. The number of nitrogen functional groups attached to an aromatic ring is 1. The zero-order chi connectivity index (χ0) is 24.2. The van der Waals surface area contributed by atoms with Gasteiger partial charge >= 0.3 is 11.9 Å². The van der Waals surface area contributed by atoms with Crippen molar-refractivity contribution in [1.82, 2.24) is 4.98 Å². The molecule has 34 heavy (non-hydrogen) atoms. The lowest BCUT2D eigenvalue weighted by atomic mass is 9.94. The molecule has 4 aromatic rings. The number of pyridine rings is 1. The molecule has 0 aliphatic heterocycles. The van der Waals surface area contributed by atoms with Crippen LogP contribution < -0.4 is 10.5 Å². The number of rotatable bonds is 6. The zero-order valence-corrected chi connectivity index (χ0v) is 19.3. The largest absolute Gasteiger partial charge is 0.496 e. The minimum absolute atomic E-state index is 0.102. The van der Waals surface area contributed by atoms with E-state index >= 15 is 0 Å². The lowest BCUT2D eigenvalue weighted by Crippen LogP contribution is -2.14. The molecule has 0 aliphatic rings. The van der Waals surface area contributed by atoms with E-state index in [1.807, 2.05) is 54.6 Å². The fraction of sp³-hybridized carbons (Fsp3) is 0.115. The lowest BCUT2D eigenvalue weighted by Gasteiger charge is -2.16. The van der Waals surface area contributed by atoms with E-state index in [4.69, 9.17) is 31.5 Å².